The first-order valence-electron chi connectivity index (χ1n) is 7.81. The summed E-state index contributed by atoms with van der Waals surface area (Å²) in [6, 6.07) is 7.59. The lowest BCUT2D eigenvalue weighted by atomic mass is 9.77. The summed E-state index contributed by atoms with van der Waals surface area (Å²) in [6.07, 6.45) is 2.03. The van der Waals surface area contributed by atoms with E-state index in [1.807, 2.05) is 65.1 Å². The maximum atomic E-state index is 7.56. The number of hydrogen-bond acceptors (Lipinski definition) is 4. The summed E-state index contributed by atoms with van der Waals surface area (Å²) in [5.74, 6) is 0.0612. The van der Waals surface area contributed by atoms with Crippen molar-refractivity contribution in [3.05, 3.63) is 40.9 Å². The lowest BCUT2D eigenvalue weighted by Gasteiger charge is -2.32. The highest BCUT2D eigenvalue weighted by Crippen LogP contribution is 2.38. The molecule has 0 radical (unpaired) electrons. The second-order valence-corrected chi connectivity index (χ2v) is 6.88. The molecule has 1 heterocycles. The molecule has 6 heteroatoms. The third-order valence-electron chi connectivity index (χ3n) is 4.49. The summed E-state index contributed by atoms with van der Waals surface area (Å²) in [5.41, 5.74) is 7.51. The van der Waals surface area contributed by atoms with E-state index in [2.05, 4.69) is 5.32 Å². The van der Waals surface area contributed by atoms with Gasteiger partial charge in [-0.25, -0.2) is 0 Å². The van der Waals surface area contributed by atoms with Crippen LogP contribution in [0.15, 0.2) is 29.7 Å². The number of nitrogens with one attached hydrogen (secondary N) is 2. The highest BCUT2D eigenvalue weighted by Gasteiger charge is 2.52. The lowest BCUT2D eigenvalue weighted by Crippen LogP contribution is -2.41. The summed E-state index contributed by atoms with van der Waals surface area (Å²) in [6.45, 7) is 8.82. The van der Waals surface area contributed by atoms with Crippen LogP contribution in [0, 0.1) is 5.41 Å². The van der Waals surface area contributed by atoms with E-state index in [4.69, 9.17) is 20.5 Å². The van der Waals surface area contributed by atoms with E-state index in [0.29, 0.717) is 12.1 Å². The van der Waals surface area contributed by atoms with Crippen molar-refractivity contribution >= 4 is 19.0 Å². The first-order valence-corrected chi connectivity index (χ1v) is 7.81. The van der Waals surface area contributed by atoms with Crippen molar-refractivity contribution in [3.8, 4) is 0 Å². The predicted octanol–water partition coefficient (Wildman–Crippen LogP) is 2.20. The predicted molar refractivity (Wildman–Crippen MR) is 95.4 cm³/mol. The van der Waals surface area contributed by atoms with Gasteiger partial charge in [-0.05, 0) is 51.8 Å². The second-order valence-electron chi connectivity index (χ2n) is 6.88. The molecule has 1 aliphatic rings. The minimum Gasteiger partial charge on any atom is -0.400 e. The minimum atomic E-state index is -0.395. The van der Waals surface area contributed by atoms with Gasteiger partial charge in [-0.3, -0.25) is 5.41 Å². The van der Waals surface area contributed by atoms with E-state index >= 15 is 0 Å². The van der Waals surface area contributed by atoms with Crippen molar-refractivity contribution in [1.82, 2.24) is 5.32 Å². The Labute approximate surface area is 138 Å². The van der Waals surface area contributed by atoms with Crippen molar-refractivity contribution in [1.29, 1.82) is 5.41 Å². The molecule has 0 amide bonds. The standard InChI is InChI=1S/C17H26BN3O2/c1-16(2)17(3,4)23-18(22-16)14(11-21-5)10-12-7-6-8-13(9-12)15(19)20/h6-10,21H,11H2,1-5H3,(H3,19,20). The van der Waals surface area contributed by atoms with Crippen molar-refractivity contribution in [3.63, 3.8) is 0 Å². The van der Waals surface area contributed by atoms with E-state index in [1.54, 1.807) is 0 Å². The van der Waals surface area contributed by atoms with Gasteiger partial charge in [0, 0.05) is 12.1 Å². The Morgan fingerprint density at radius 3 is 2.39 bits per heavy atom. The molecule has 2 rings (SSSR count). The molecule has 1 aromatic carbocycles. The van der Waals surface area contributed by atoms with Gasteiger partial charge < -0.3 is 20.4 Å². The lowest BCUT2D eigenvalue weighted by molar-refractivity contribution is 0.00578. The molecule has 1 saturated heterocycles. The number of nitrogens with two attached hydrogens (primary N) is 1. The minimum absolute atomic E-state index is 0.0612. The van der Waals surface area contributed by atoms with E-state index in [9.17, 15) is 0 Å². The Bertz CT molecular complexity index is 610. The van der Waals surface area contributed by atoms with E-state index in [-0.39, 0.29) is 17.0 Å². The SMILES string of the molecule is CNCC(=Cc1cccc(C(=N)N)c1)B1OC(C)(C)C(C)(C)O1. The van der Waals surface area contributed by atoms with Crippen LogP contribution in [0.4, 0.5) is 0 Å². The Hall–Kier alpha value is -1.63. The Kier molecular flexibility index (Phi) is 4.99. The van der Waals surface area contributed by atoms with Gasteiger partial charge >= 0.3 is 7.12 Å². The van der Waals surface area contributed by atoms with Gasteiger partial charge in [0.15, 0.2) is 0 Å². The van der Waals surface area contributed by atoms with Gasteiger partial charge in [0.25, 0.3) is 0 Å². The fourth-order valence-corrected chi connectivity index (χ4v) is 2.41. The summed E-state index contributed by atoms with van der Waals surface area (Å²) in [5, 5.41) is 10.7. The zero-order valence-electron chi connectivity index (χ0n) is 14.6. The number of hydrogen-bond donors (Lipinski definition) is 3. The molecule has 0 aromatic heterocycles. The van der Waals surface area contributed by atoms with Crippen LogP contribution in [-0.4, -0.2) is 37.7 Å². The first kappa shape index (κ1) is 17.7. The molecule has 4 N–H and O–H groups in total. The van der Waals surface area contributed by atoms with Gasteiger partial charge in [-0.15, -0.1) is 0 Å². The van der Waals surface area contributed by atoms with Crippen LogP contribution in [0.1, 0.15) is 38.8 Å². The van der Waals surface area contributed by atoms with Crippen molar-refractivity contribution in [2.24, 2.45) is 5.73 Å². The Morgan fingerprint density at radius 2 is 1.87 bits per heavy atom. The first-order chi connectivity index (χ1) is 10.7. The third kappa shape index (κ3) is 3.83. The number of benzene rings is 1. The second kappa shape index (κ2) is 6.47. The number of rotatable bonds is 5. The van der Waals surface area contributed by atoms with Crippen molar-refractivity contribution in [2.45, 2.75) is 38.9 Å². The van der Waals surface area contributed by atoms with Gasteiger partial charge in [0.1, 0.15) is 5.84 Å². The molecule has 0 unspecified atom stereocenters. The molecular weight excluding hydrogens is 289 g/mol. The number of likely N-dealkylation sites (N-methyl/N-ethyl adjacent to an activating group) is 1. The van der Waals surface area contributed by atoms with Crippen LogP contribution >= 0.6 is 0 Å². The van der Waals surface area contributed by atoms with E-state index in [1.165, 1.54) is 0 Å². The van der Waals surface area contributed by atoms with Gasteiger partial charge in [0.2, 0.25) is 0 Å². The fraction of sp³-hybridized carbons (Fsp3) is 0.471. The topological polar surface area (TPSA) is 80.4 Å². The largest absolute Gasteiger partial charge is 0.491 e. The van der Waals surface area contributed by atoms with Gasteiger partial charge in [0.05, 0.1) is 11.2 Å². The summed E-state index contributed by atoms with van der Waals surface area (Å²) >= 11 is 0. The highest BCUT2D eigenvalue weighted by molar-refractivity contribution is 6.55. The monoisotopic (exact) mass is 315 g/mol. The van der Waals surface area contributed by atoms with Crippen LogP contribution in [0.3, 0.4) is 0 Å². The molecule has 23 heavy (non-hydrogen) atoms. The average Bonchev–Trinajstić information content (AvgIpc) is 2.67. The molecule has 0 bridgehead atoms. The molecule has 0 aliphatic carbocycles. The van der Waals surface area contributed by atoms with Gasteiger partial charge in [-0.2, -0.15) is 0 Å². The summed E-state index contributed by atoms with van der Waals surface area (Å²) in [4.78, 5) is 0. The van der Waals surface area contributed by atoms with Crippen LogP contribution in [0.25, 0.3) is 6.08 Å². The fourth-order valence-electron chi connectivity index (χ4n) is 2.41. The third-order valence-corrected chi connectivity index (χ3v) is 4.49. The molecule has 0 saturated carbocycles. The van der Waals surface area contributed by atoms with Crippen LogP contribution in [0.5, 0.6) is 0 Å². The molecule has 0 atom stereocenters. The molecule has 5 nitrogen and oxygen atoms in total. The summed E-state index contributed by atoms with van der Waals surface area (Å²) < 4.78 is 12.3. The molecule has 1 aliphatic heterocycles. The molecule has 1 aromatic rings. The number of amidine groups is 1. The molecule has 0 spiro atoms. The average molecular weight is 315 g/mol. The van der Waals surface area contributed by atoms with Crippen molar-refractivity contribution < 1.29 is 9.31 Å². The van der Waals surface area contributed by atoms with Crippen LogP contribution in [0.2, 0.25) is 0 Å². The quantitative estimate of drug-likeness (QED) is 0.442. The molecular formula is C17H26BN3O2. The maximum absolute atomic E-state index is 7.56. The van der Waals surface area contributed by atoms with Crippen LogP contribution in [-0.2, 0) is 9.31 Å². The van der Waals surface area contributed by atoms with E-state index < -0.39 is 7.12 Å². The van der Waals surface area contributed by atoms with Crippen LogP contribution < -0.4 is 11.1 Å². The Balaban J connectivity index is 2.32. The number of nitrogen functional groups attached to an aromatic ring is 1. The molecule has 1 fully saturated rings. The zero-order chi connectivity index (χ0) is 17.3. The highest BCUT2D eigenvalue weighted by atomic mass is 16.7. The van der Waals surface area contributed by atoms with Crippen molar-refractivity contribution in [2.75, 3.05) is 13.6 Å². The van der Waals surface area contributed by atoms with Gasteiger partial charge in [-0.1, -0.05) is 24.3 Å². The molecule has 124 valence electrons. The summed E-state index contributed by atoms with van der Waals surface area (Å²) in [7, 11) is 1.50. The van der Waals surface area contributed by atoms with E-state index in [0.717, 1.165) is 11.0 Å². The Morgan fingerprint density at radius 1 is 1.26 bits per heavy atom. The maximum Gasteiger partial charge on any atom is 0.491 e. The smallest absolute Gasteiger partial charge is 0.400 e. The normalized spacial score (nSPS) is 19.9. The zero-order valence-corrected chi connectivity index (χ0v) is 14.6.